The van der Waals surface area contributed by atoms with Crippen LogP contribution in [-0.2, 0) is 19.5 Å². The molecule has 0 spiro atoms. The number of thiophene rings is 1. The maximum atomic E-state index is 13.0. The summed E-state index contributed by atoms with van der Waals surface area (Å²) < 4.78 is 5.52. The summed E-state index contributed by atoms with van der Waals surface area (Å²) >= 11 is 1.73. The van der Waals surface area contributed by atoms with Crippen molar-refractivity contribution in [3.63, 3.8) is 0 Å². The van der Waals surface area contributed by atoms with Gasteiger partial charge in [0.1, 0.15) is 16.9 Å². The van der Waals surface area contributed by atoms with E-state index >= 15 is 0 Å². The molecule has 0 aliphatic carbocycles. The van der Waals surface area contributed by atoms with Crippen LogP contribution < -0.4 is 15.4 Å². The van der Waals surface area contributed by atoms with Crippen molar-refractivity contribution in [2.75, 3.05) is 18.5 Å². The van der Waals surface area contributed by atoms with Gasteiger partial charge in [-0.2, -0.15) is 0 Å². The van der Waals surface area contributed by atoms with Crippen LogP contribution in [0.3, 0.4) is 0 Å². The molecule has 0 saturated carbocycles. The molecule has 0 radical (unpaired) electrons. The lowest BCUT2D eigenvalue weighted by Gasteiger charge is -2.28. The van der Waals surface area contributed by atoms with Crippen LogP contribution in [0.15, 0.2) is 54.6 Å². The third-order valence-corrected chi connectivity index (χ3v) is 6.84. The molecule has 6 heteroatoms. The Hall–Kier alpha value is -2.83. The number of amides is 1. The molecule has 1 aromatic heterocycles. The zero-order valence-corrected chi connectivity index (χ0v) is 17.8. The van der Waals surface area contributed by atoms with Gasteiger partial charge in [0, 0.05) is 24.5 Å². The van der Waals surface area contributed by atoms with E-state index < -0.39 is 0 Å². The number of carbonyl (C=O) groups excluding carboxylic acids is 1. The van der Waals surface area contributed by atoms with Gasteiger partial charge in [-0.1, -0.05) is 42.5 Å². The third kappa shape index (κ3) is 3.68. The summed E-state index contributed by atoms with van der Waals surface area (Å²) in [6, 6.07) is 18.5. The number of ether oxygens (including phenoxy) is 1. The summed E-state index contributed by atoms with van der Waals surface area (Å²) in [7, 11) is 0. The Morgan fingerprint density at radius 3 is 2.67 bits per heavy atom. The minimum Gasteiger partial charge on any atom is -0.494 e. The van der Waals surface area contributed by atoms with Gasteiger partial charge in [-0.3, -0.25) is 9.69 Å². The summed E-state index contributed by atoms with van der Waals surface area (Å²) in [5.74, 6) is 0.866. The van der Waals surface area contributed by atoms with Gasteiger partial charge in [-0.25, -0.2) is 0 Å². The monoisotopic (exact) mass is 419 g/mol. The summed E-state index contributed by atoms with van der Waals surface area (Å²) in [6.45, 7) is 5.42. The predicted molar refractivity (Wildman–Crippen MR) is 120 cm³/mol. The second-order valence-corrected chi connectivity index (χ2v) is 8.81. The molecule has 3 aromatic rings. The normalized spacial score (nSPS) is 18.2. The maximum absolute atomic E-state index is 13.0. The smallest absolute Gasteiger partial charge is 0.256 e. The molecule has 1 atom stereocenters. The largest absolute Gasteiger partial charge is 0.494 e. The van der Waals surface area contributed by atoms with Crippen molar-refractivity contribution in [2.24, 2.45) is 0 Å². The van der Waals surface area contributed by atoms with Crippen LogP contribution in [0.4, 0.5) is 5.00 Å². The first-order valence-electron chi connectivity index (χ1n) is 10.4. The van der Waals surface area contributed by atoms with E-state index in [9.17, 15) is 4.79 Å². The van der Waals surface area contributed by atoms with Crippen molar-refractivity contribution in [1.29, 1.82) is 0 Å². The molecule has 3 heterocycles. The lowest BCUT2D eigenvalue weighted by molar-refractivity contribution is 0.0934. The summed E-state index contributed by atoms with van der Waals surface area (Å²) in [4.78, 5) is 16.7. The number of hydrogen-bond acceptors (Lipinski definition) is 5. The fraction of sp³-hybridized carbons (Fsp3) is 0.292. The standard InChI is InChI=1S/C24H25N3O2S/c1-2-29-18-10-8-17(9-11-18)22-25-23(28)21-19-12-13-27(14-16-6-4-3-5-7-16)15-20(19)30-24(21)26-22/h3-11,22,26H,2,12-15H2,1H3,(H,25,28). The molecule has 1 amide bonds. The van der Waals surface area contributed by atoms with Gasteiger partial charge in [-0.05, 0) is 42.2 Å². The Labute approximate surface area is 180 Å². The van der Waals surface area contributed by atoms with E-state index in [0.29, 0.717) is 6.61 Å². The first-order chi connectivity index (χ1) is 14.7. The number of hydrogen-bond donors (Lipinski definition) is 2. The first-order valence-corrected chi connectivity index (χ1v) is 11.2. The molecule has 154 valence electrons. The second kappa shape index (κ2) is 8.13. The van der Waals surface area contributed by atoms with Crippen molar-refractivity contribution >= 4 is 22.2 Å². The van der Waals surface area contributed by atoms with Gasteiger partial charge in [-0.15, -0.1) is 11.3 Å². The van der Waals surface area contributed by atoms with Crippen LogP contribution in [-0.4, -0.2) is 24.0 Å². The molecule has 2 aromatic carbocycles. The van der Waals surface area contributed by atoms with E-state index in [2.05, 4.69) is 45.9 Å². The fourth-order valence-electron chi connectivity index (χ4n) is 4.24. The number of carbonyl (C=O) groups is 1. The summed E-state index contributed by atoms with van der Waals surface area (Å²) in [5.41, 5.74) is 4.41. The van der Waals surface area contributed by atoms with Crippen LogP contribution in [0, 0.1) is 0 Å². The lowest BCUT2D eigenvalue weighted by atomic mass is 10.00. The zero-order valence-electron chi connectivity index (χ0n) is 17.0. The summed E-state index contributed by atoms with van der Waals surface area (Å²) in [6.07, 6.45) is 0.692. The van der Waals surface area contributed by atoms with Crippen molar-refractivity contribution < 1.29 is 9.53 Å². The number of fused-ring (bicyclic) bond motifs is 3. The van der Waals surface area contributed by atoms with Crippen molar-refractivity contribution in [3.05, 3.63) is 81.7 Å². The van der Waals surface area contributed by atoms with E-state index in [0.717, 1.165) is 47.9 Å². The lowest BCUT2D eigenvalue weighted by Crippen LogP contribution is -2.38. The molecule has 5 rings (SSSR count). The molecular formula is C24H25N3O2S. The van der Waals surface area contributed by atoms with Gasteiger partial charge < -0.3 is 15.4 Å². The molecule has 0 bridgehead atoms. The molecule has 2 N–H and O–H groups in total. The highest BCUT2D eigenvalue weighted by Gasteiger charge is 2.33. The first kappa shape index (κ1) is 19.2. The highest BCUT2D eigenvalue weighted by Crippen LogP contribution is 2.41. The highest BCUT2D eigenvalue weighted by molar-refractivity contribution is 7.16. The number of benzene rings is 2. The number of anilines is 1. The Kier molecular flexibility index (Phi) is 5.19. The number of nitrogens with zero attached hydrogens (tertiary/aromatic N) is 1. The van der Waals surface area contributed by atoms with Crippen LogP contribution in [0.25, 0.3) is 0 Å². The molecule has 2 aliphatic rings. The Balaban J connectivity index is 1.34. The Morgan fingerprint density at radius 1 is 1.10 bits per heavy atom. The SMILES string of the molecule is CCOc1ccc(C2NC(=O)c3c(sc4c3CCN(Cc3ccccc3)C4)N2)cc1. The van der Waals surface area contributed by atoms with E-state index in [1.54, 1.807) is 11.3 Å². The van der Waals surface area contributed by atoms with Crippen molar-refractivity contribution in [3.8, 4) is 5.75 Å². The minimum absolute atomic E-state index is 0.0247. The van der Waals surface area contributed by atoms with Crippen LogP contribution in [0.2, 0.25) is 0 Å². The predicted octanol–water partition coefficient (Wildman–Crippen LogP) is 4.56. The average Bonchev–Trinajstić information content (AvgIpc) is 3.13. The van der Waals surface area contributed by atoms with Gasteiger partial charge in [0.25, 0.3) is 5.91 Å². The molecule has 5 nitrogen and oxygen atoms in total. The van der Waals surface area contributed by atoms with E-state index in [4.69, 9.17) is 4.74 Å². The molecule has 0 saturated heterocycles. The van der Waals surface area contributed by atoms with Crippen molar-refractivity contribution in [2.45, 2.75) is 32.6 Å². The maximum Gasteiger partial charge on any atom is 0.256 e. The van der Waals surface area contributed by atoms with Gasteiger partial charge in [0.05, 0.1) is 12.2 Å². The topological polar surface area (TPSA) is 53.6 Å². The Morgan fingerprint density at radius 2 is 1.90 bits per heavy atom. The van der Waals surface area contributed by atoms with Crippen LogP contribution >= 0.6 is 11.3 Å². The third-order valence-electron chi connectivity index (χ3n) is 5.69. The summed E-state index contributed by atoms with van der Waals surface area (Å²) in [5, 5.41) is 7.66. The highest BCUT2D eigenvalue weighted by atomic mass is 32.1. The van der Waals surface area contributed by atoms with Crippen LogP contribution in [0.5, 0.6) is 5.75 Å². The van der Waals surface area contributed by atoms with Crippen LogP contribution in [0.1, 0.15) is 45.0 Å². The fourth-order valence-corrected chi connectivity index (χ4v) is 5.55. The minimum atomic E-state index is -0.221. The molecule has 1 unspecified atom stereocenters. The second-order valence-electron chi connectivity index (χ2n) is 7.71. The van der Waals surface area contributed by atoms with E-state index in [-0.39, 0.29) is 12.1 Å². The Bertz CT molecular complexity index is 1050. The quantitative estimate of drug-likeness (QED) is 0.637. The molecular weight excluding hydrogens is 394 g/mol. The number of nitrogens with one attached hydrogen (secondary N) is 2. The number of rotatable bonds is 5. The van der Waals surface area contributed by atoms with Crippen molar-refractivity contribution in [1.82, 2.24) is 10.2 Å². The van der Waals surface area contributed by atoms with E-state index in [1.165, 1.54) is 16.0 Å². The van der Waals surface area contributed by atoms with E-state index in [1.807, 2.05) is 31.2 Å². The molecule has 30 heavy (non-hydrogen) atoms. The molecule has 2 aliphatic heterocycles. The molecule has 0 fully saturated rings. The average molecular weight is 420 g/mol. The van der Waals surface area contributed by atoms with Gasteiger partial charge >= 0.3 is 0 Å². The van der Waals surface area contributed by atoms with Gasteiger partial charge in [0.2, 0.25) is 0 Å². The zero-order chi connectivity index (χ0) is 20.5. The van der Waals surface area contributed by atoms with Gasteiger partial charge in [0.15, 0.2) is 0 Å².